The van der Waals surface area contributed by atoms with E-state index in [0.29, 0.717) is 25.7 Å². The number of aliphatic hydroxyl groups is 2. The highest BCUT2D eigenvalue weighted by Gasteiger charge is 2.70. The Morgan fingerprint density at radius 3 is 2.63 bits per heavy atom. The summed E-state index contributed by atoms with van der Waals surface area (Å²) in [6.07, 6.45) is 6.60. The summed E-state index contributed by atoms with van der Waals surface area (Å²) in [7, 11) is 1.42. The second-order valence-electron chi connectivity index (χ2n) is 11.0. The van der Waals surface area contributed by atoms with Crippen molar-refractivity contribution in [2.75, 3.05) is 7.11 Å². The van der Waals surface area contributed by atoms with Gasteiger partial charge in [-0.1, -0.05) is 25.5 Å². The van der Waals surface area contributed by atoms with E-state index in [4.69, 9.17) is 9.47 Å². The van der Waals surface area contributed by atoms with Gasteiger partial charge >= 0.3 is 11.9 Å². The van der Waals surface area contributed by atoms with Crippen LogP contribution in [0.4, 0.5) is 0 Å². The zero-order chi connectivity index (χ0) is 21.5. The molecule has 3 saturated carbocycles. The van der Waals surface area contributed by atoms with Gasteiger partial charge in [-0.3, -0.25) is 9.59 Å². The molecule has 1 saturated heterocycles. The first-order chi connectivity index (χ1) is 14.1. The van der Waals surface area contributed by atoms with Gasteiger partial charge in [-0.05, 0) is 68.1 Å². The second kappa shape index (κ2) is 6.55. The second-order valence-corrected chi connectivity index (χ2v) is 11.0. The maximum absolute atomic E-state index is 13.0. The molecule has 1 heterocycles. The molecule has 9 atom stereocenters. The minimum absolute atomic E-state index is 0.0473. The van der Waals surface area contributed by atoms with Crippen LogP contribution in [0.5, 0.6) is 0 Å². The molecule has 0 radical (unpaired) electrons. The summed E-state index contributed by atoms with van der Waals surface area (Å²) in [4.78, 5) is 25.0. The molecule has 0 aromatic heterocycles. The van der Waals surface area contributed by atoms with E-state index in [1.54, 1.807) is 0 Å². The van der Waals surface area contributed by atoms with E-state index >= 15 is 0 Å². The van der Waals surface area contributed by atoms with E-state index in [1.165, 1.54) is 7.11 Å². The number of ether oxygens (including phenoxy) is 2. The lowest BCUT2D eigenvalue weighted by Crippen LogP contribution is -2.62. The average molecular weight is 419 g/mol. The van der Waals surface area contributed by atoms with E-state index in [0.717, 1.165) is 31.3 Å². The average Bonchev–Trinajstić information content (AvgIpc) is 3.21. The molecule has 0 amide bonds. The van der Waals surface area contributed by atoms with Crippen molar-refractivity contribution in [3.05, 3.63) is 11.6 Å². The number of aliphatic hydroxyl groups excluding tert-OH is 2. The largest absolute Gasteiger partial charge is 0.469 e. The normalized spacial score (nSPS) is 52.2. The number of hydrogen-bond acceptors (Lipinski definition) is 6. The van der Waals surface area contributed by atoms with Crippen molar-refractivity contribution in [3.63, 3.8) is 0 Å². The maximum atomic E-state index is 13.0. The van der Waals surface area contributed by atoms with Crippen LogP contribution in [0.15, 0.2) is 11.6 Å². The predicted octanol–water partition coefficient (Wildman–Crippen LogP) is 2.76. The number of fused-ring (bicyclic) bond motifs is 6. The fourth-order valence-corrected chi connectivity index (χ4v) is 8.42. The Labute approximate surface area is 178 Å². The summed E-state index contributed by atoms with van der Waals surface area (Å²) in [6.45, 7) is 4.38. The highest BCUT2D eigenvalue weighted by molar-refractivity contribution is 5.76. The molecule has 0 aromatic rings. The summed E-state index contributed by atoms with van der Waals surface area (Å²) < 4.78 is 11.2. The molecular weight excluding hydrogens is 384 g/mol. The molecule has 30 heavy (non-hydrogen) atoms. The molecule has 1 aliphatic heterocycles. The molecule has 2 N–H and O–H groups in total. The third-order valence-corrected chi connectivity index (χ3v) is 9.88. The molecule has 5 aliphatic rings. The van der Waals surface area contributed by atoms with Crippen LogP contribution in [0, 0.1) is 34.5 Å². The van der Waals surface area contributed by atoms with Crippen molar-refractivity contribution in [3.8, 4) is 0 Å². The van der Waals surface area contributed by atoms with Crippen molar-refractivity contribution in [1.82, 2.24) is 0 Å². The van der Waals surface area contributed by atoms with E-state index in [2.05, 4.69) is 19.9 Å². The molecule has 0 unspecified atom stereocenters. The molecule has 0 bridgehead atoms. The Morgan fingerprint density at radius 2 is 1.97 bits per heavy atom. The lowest BCUT2D eigenvalue weighted by molar-refractivity contribution is -0.192. The molecule has 166 valence electrons. The number of esters is 2. The molecule has 1 spiro atoms. The lowest BCUT2D eigenvalue weighted by atomic mass is 9.44. The van der Waals surface area contributed by atoms with Gasteiger partial charge in [0, 0.05) is 11.8 Å². The predicted molar refractivity (Wildman–Crippen MR) is 108 cm³/mol. The Kier molecular flexibility index (Phi) is 4.48. The van der Waals surface area contributed by atoms with Gasteiger partial charge in [0.1, 0.15) is 5.60 Å². The van der Waals surface area contributed by atoms with Gasteiger partial charge in [-0.25, -0.2) is 0 Å². The fourth-order valence-electron chi connectivity index (χ4n) is 8.42. The molecular formula is C24H34O6. The molecule has 4 fully saturated rings. The smallest absolute Gasteiger partial charge is 0.312 e. The topological polar surface area (TPSA) is 93.1 Å². The Hall–Kier alpha value is -1.40. The zero-order valence-electron chi connectivity index (χ0n) is 18.2. The Morgan fingerprint density at radius 1 is 1.20 bits per heavy atom. The summed E-state index contributed by atoms with van der Waals surface area (Å²) in [5, 5.41) is 21.9. The number of carbonyl (C=O) groups is 2. The minimum Gasteiger partial charge on any atom is -0.469 e. The summed E-state index contributed by atoms with van der Waals surface area (Å²) in [6, 6.07) is 0. The van der Waals surface area contributed by atoms with Crippen LogP contribution in [-0.2, 0) is 19.1 Å². The van der Waals surface area contributed by atoms with Gasteiger partial charge < -0.3 is 19.7 Å². The number of carbonyl (C=O) groups excluding carboxylic acids is 2. The number of methoxy groups -OCH3 is 1. The van der Waals surface area contributed by atoms with Gasteiger partial charge in [0.15, 0.2) is 0 Å². The van der Waals surface area contributed by atoms with Crippen molar-refractivity contribution < 1.29 is 29.3 Å². The van der Waals surface area contributed by atoms with Gasteiger partial charge in [-0.15, -0.1) is 0 Å². The van der Waals surface area contributed by atoms with E-state index < -0.39 is 23.7 Å². The van der Waals surface area contributed by atoms with E-state index in [9.17, 15) is 19.8 Å². The minimum atomic E-state index is -0.582. The molecule has 4 aliphatic carbocycles. The Bertz CT molecular complexity index is 806. The van der Waals surface area contributed by atoms with Crippen LogP contribution in [0.1, 0.15) is 65.2 Å². The highest BCUT2D eigenvalue weighted by Crippen LogP contribution is 2.70. The Balaban J connectivity index is 1.62. The first-order valence-electron chi connectivity index (χ1n) is 11.5. The highest BCUT2D eigenvalue weighted by atomic mass is 16.6. The summed E-state index contributed by atoms with van der Waals surface area (Å²) in [5.41, 5.74) is 0.00865. The molecule has 6 nitrogen and oxygen atoms in total. The molecule has 0 aromatic carbocycles. The van der Waals surface area contributed by atoms with Crippen molar-refractivity contribution in [2.45, 2.75) is 83.0 Å². The maximum Gasteiger partial charge on any atom is 0.312 e. The monoisotopic (exact) mass is 418 g/mol. The standard InChI is InChI=1S/C24H34O6/c1-22-7-4-14(25)10-13(22)11-15(21(28)29-3)19-16-5-8-24(9-6-18(27)30-24)23(16,2)12-17(26)20(19)22/h11,14-17,19-20,25-26H,4-10,12H2,1-3H3/t14-,15-,16-,17+,19-,20-,22-,23-,24+/m0/s1. The van der Waals surface area contributed by atoms with Crippen LogP contribution in [0.25, 0.3) is 0 Å². The number of rotatable bonds is 1. The van der Waals surface area contributed by atoms with Crippen molar-refractivity contribution in [1.29, 1.82) is 0 Å². The van der Waals surface area contributed by atoms with Crippen LogP contribution < -0.4 is 0 Å². The zero-order valence-corrected chi connectivity index (χ0v) is 18.2. The van der Waals surface area contributed by atoms with E-state index in [1.807, 2.05) is 0 Å². The van der Waals surface area contributed by atoms with Gasteiger partial charge in [-0.2, -0.15) is 0 Å². The summed E-state index contributed by atoms with van der Waals surface area (Å²) in [5.74, 6) is -0.756. The van der Waals surface area contributed by atoms with Crippen LogP contribution >= 0.6 is 0 Å². The first kappa shape index (κ1) is 20.5. The third-order valence-electron chi connectivity index (χ3n) is 9.88. The molecule has 6 heteroatoms. The van der Waals surface area contributed by atoms with Crippen molar-refractivity contribution >= 4 is 11.9 Å². The van der Waals surface area contributed by atoms with E-state index in [-0.39, 0.29) is 40.5 Å². The third kappa shape index (κ3) is 2.49. The lowest BCUT2D eigenvalue weighted by Gasteiger charge is -2.61. The first-order valence-corrected chi connectivity index (χ1v) is 11.5. The van der Waals surface area contributed by atoms with Gasteiger partial charge in [0.05, 0.1) is 25.2 Å². The van der Waals surface area contributed by atoms with Crippen LogP contribution in [0.3, 0.4) is 0 Å². The summed E-state index contributed by atoms with van der Waals surface area (Å²) >= 11 is 0. The SMILES string of the molecule is COC(=O)[C@H]1C=C2C[C@@H](O)CC[C@]2(C)[C@@H]2[C@@H]1[C@@H]1CC[C@@]3(CCC(=O)O3)[C@@]1(C)C[C@H]2O. The van der Waals surface area contributed by atoms with Crippen LogP contribution in [-0.4, -0.2) is 47.1 Å². The quantitative estimate of drug-likeness (QED) is 0.502. The van der Waals surface area contributed by atoms with Crippen LogP contribution in [0.2, 0.25) is 0 Å². The molecule has 5 rings (SSSR count). The fraction of sp³-hybridized carbons (Fsp3) is 0.833. The number of hydrogen-bond donors (Lipinski definition) is 2. The van der Waals surface area contributed by atoms with Gasteiger partial charge in [0.2, 0.25) is 0 Å². The van der Waals surface area contributed by atoms with Gasteiger partial charge in [0.25, 0.3) is 0 Å². The van der Waals surface area contributed by atoms with Crippen molar-refractivity contribution in [2.24, 2.45) is 34.5 Å².